The van der Waals surface area contributed by atoms with Crippen LogP contribution in [-0.4, -0.2) is 58.3 Å². The van der Waals surface area contributed by atoms with Crippen molar-refractivity contribution in [2.24, 2.45) is 7.05 Å². The van der Waals surface area contributed by atoms with E-state index in [1.165, 1.54) is 11.3 Å². The Morgan fingerprint density at radius 1 is 1.35 bits per heavy atom. The zero-order valence-corrected chi connectivity index (χ0v) is 15.4. The van der Waals surface area contributed by atoms with Crippen LogP contribution in [-0.2, 0) is 11.8 Å². The number of aliphatic hydroxyl groups is 1. The molecule has 4 heterocycles. The molecule has 2 N–H and O–H groups in total. The fourth-order valence-corrected chi connectivity index (χ4v) is 3.92. The maximum absolute atomic E-state index is 10.4. The summed E-state index contributed by atoms with van der Waals surface area (Å²) >= 11 is 1.46. The van der Waals surface area contributed by atoms with E-state index < -0.39 is 6.23 Å². The molecule has 0 bridgehead atoms. The number of aryl methyl sites for hydroxylation is 1. The molecule has 26 heavy (non-hydrogen) atoms. The molecule has 3 aromatic rings. The lowest BCUT2D eigenvalue weighted by atomic mass is 10.3. The van der Waals surface area contributed by atoms with Gasteiger partial charge in [0.1, 0.15) is 5.52 Å². The summed E-state index contributed by atoms with van der Waals surface area (Å²) in [5.41, 5.74) is 2.36. The smallest absolute Gasteiger partial charge is 0.241 e. The van der Waals surface area contributed by atoms with Crippen molar-refractivity contribution in [1.82, 2.24) is 19.7 Å². The Morgan fingerprint density at radius 2 is 2.15 bits per heavy atom. The minimum absolute atomic E-state index is 0.470. The molecule has 0 spiro atoms. The van der Waals surface area contributed by atoms with E-state index in [1.807, 2.05) is 6.20 Å². The van der Waals surface area contributed by atoms with Gasteiger partial charge in [-0.1, -0.05) is 11.3 Å². The van der Waals surface area contributed by atoms with Gasteiger partial charge in [-0.3, -0.25) is 4.68 Å². The molecule has 0 saturated carbocycles. The van der Waals surface area contributed by atoms with Crippen molar-refractivity contribution in [3.8, 4) is 5.88 Å². The summed E-state index contributed by atoms with van der Waals surface area (Å²) in [6.45, 7) is 3.00. The quantitative estimate of drug-likeness (QED) is 0.645. The number of methoxy groups -OCH3 is 1. The molecule has 1 saturated heterocycles. The molecule has 9 nitrogen and oxygen atoms in total. The molecule has 138 valence electrons. The normalized spacial score (nSPS) is 16.0. The van der Waals surface area contributed by atoms with E-state index in [-0.39, 0.29) is 0 Å². The Labute approximate surface area is 154 Å². The van der Waals surface area contributed by atoms with E-state index in [9.17, 15) is 5.11 Å². The number of aromatic nitrogens is 4. The maximum atomic E-state index is 10.4. The van der Waals surface area contributed by atoms with Gasteiger partial charge in [-0.25, -0.2) is 9.97 Å². The largest absolute Gasteiger partial charge is 0.479 e. The Hall–Kier alpha value is -2.43. The number of anilines is 2. The number of ether oxygens (including phenoxy) is 2. The van der Waals surface area contributed by atoms with E-state index in [0.717, 1.165) is 23.5 Å². The second kappa shape index (κ2) is 7.06. The summed E-state index contributed by atoms with van der Waals surface area (Å²) in [4.78, 5) is 11.2. The molecule has 0 amide bonds. The van der Waals surface area contributed by atoms with Gasteiger partial charge in [0.15, 0.2) is 11.4 Å². The standard InChI is InChI=1S/C16H20N6O3S/c1-21-9-10(7-18-21)14(23)20-16-19-12-13(26-16)11(8-17-15(12)24-2)22-3-5-25-6-4-22/h7-9,14,23H,3-6H2,1-2H3,(H,19,20). The summed E-state index contributed by atoms with van der Waals surface area (Å²) in [6, 6.07) is 0. The number of hydrogen-bond donors (Lipinski definition) is 2. The van der Waals surface area contributed by atoms with Crippen LogP contribution in [0.1, 0.15) is 11.8 Å². The Kier molecular flexibility index (Phi) is 4.62. The highest BCUT2D eigenvalue weighted by Crippen LogP contribution is 2.38. The first-order valence-electron chi connectivity index (χ1n) is 8.25. The summed E-state index contributed by atoms with van der Waals surface area (Å²) in [5.74, 6) is 0.470. The molecule has 1 aliphatic rings. The van der Waals surface area contributed by atoms with E-state index in [4.69, 9.17) is 9.47 Å². The summed E-state index contributed by atoms with van der Waals surface area (Å²) in [7, 11) is 3.38. The maximum Gasteiger partial charge on any atom is 0.241 e. The summed E-state index contributed by atoms with van der Waals surface area (Å²) < 4.78 is 13.4. The third-order valence-electron chi connectivity index (χ3n) is 4.21. The monoisotopic (exact) mass is 376 g/mol. The lowest BCUT2D eigenvalue weighted by Gasteiger charge is -2.28. The van der Waals surface area contributed by atoms with Gasteiger partial charge in [-0.05, 0) is 0 Å². The number of nitrogens with zero attached hydrogens (tertiary/aromatic N) is 5. The second-order valence-electron chi connectivity index (χ2n) is 5.94. The first-order chi connectivity index (χ1) is 12.7. The van der Waals surface area contributed by atoms with Crippen molar-refractivity contribution in [2.75, 3.05) is 43.6 Å². The number of aliphatic hydroxyl groups excluding tert-OH is 1. The van der Waals surface area contributed by atoms with Crippen LogP contribution < -0.4 is 15.0 Å². The molecule has 0 aliphatic carbocycles. The highest BCUT2D eigenvalue weighted by atomic mass is 32.1. The van der Waals surface area contributed by atoms with E-state index in [0.29, 0.717) is 35.3 Å². The molecule has 1 aliphatic heterocycles. The number of rotatable bonds is 5. The second-order valence-corrected chi connectivity index (χ2v) is 6.94. The van der Waals surface area contributed by atoms with Crippen LogP contribution in [0.3, 0.4) is 0 Å². The molecule has 0 aromatic carbocycles. The first kappa shape index (κ1) is 17.0. The minimum Gasteiger partial charge on any atom is -0.479 e. The summed E-state index contributed by atoms with van der Waals surface area (Å²) in [6.07, 6.45) is 4.29. The van der Waals surface area contributed by atoms with E-state index in [2.05, 4.69) is 25.3 Å². The van der Waals surface area contributed by atoms with Crippen molar-refractivity contribution in [2.45, 2.75) is 6.23 Å². The number of nitrogens with one attached hydrogen (secondary N) is 1. The number of morpholine rings is 1. The molecule has 3 aromatic heterocycles. The molecule has 10 heteroatoms. The van der Waals surface area contributed by atoms with Crippen molar-refractivity contribution in [3.05, 3.63) is 24.2 Å². The van der Waals surface area contributed by atoms with Crippen LogP contribution in [0.5, 0.6) is 5.88 Å². The molecular weight excluding hydrogens is 356 g/mol. The van der Waals surface area contributed by atoms with Gasteiger partial charge in [0.05, 0.1) is 43.1 Å². The van der Waals surface area contributed by atoms with Gasteiger partial charge in [0.25, 0.3) is 0 Å². The fourth-order valence-electron chi connectivity index (χ4n) is 2.90. The number of pyridine rings is 1. The molecule has 1 unspecified atom stereocenters. The zero-order valence-electron chi connectivity index (χ0n) is 14.5. The van der Waals surface area contributed by atoms with Crippen molar-refractivity contribution >= 4 is 32.4 Å². The van der Waals surface area contributed by atoms with Crippen LogP contribution in [0.15, 0.2) is 18.6 Å². The zero-order chi connectivity index (χ0) is 18.1. The topological polar surface area (TPSA) is 97.6 Å². The van der Waals surface area contributed by atoms with Crippen molar-refractivity contribution < 1.29 is 14.6 Å². The minimum atomic E-state index is -0.893. The van der Waals surface area contributed by atoms with E-state index >= 15 is 0 Å². The number of thiazole rings is 1. The lowest BCUT2D eigenvalue weighted by molar-refractivity contribution is 0.123. The molecule has 4 rings (SSSR count). The van der Waals surface area contributed by atoms with Gasteiger partial charge in [-0.15, -0.1) is 0 Å². The molecule has 0 radical (unpaired) electrons. The van der Waals surface area contributed by atoms with Gasteiger partial charge < -0.3 is 24.8 Å². The highest BCUT2D eigenvalue weighted by Gasteiger charge is 2.21. The number of fused-ring (bicyclic) bond motifs is 1. The first-order valence-corrected chi connectivity index (χ1v) is 9.06. The Morgan fingerprint density at radius 3 is 2.85 bits per heavy atom. The van der Waals surface area contributed by atoms with Gasteiger partial charge in [0.2, 0.25) is 5.88 Å². The van der Waals surface area contributed by atoms with E-state index in [1.54, 1.807) is 31.2 Å². The third kappa shape index (κ3) is 3.18. The Balaban J connectivity index is 1.68. The predicted molar refractivity (Wildman–Crippen MR) is 98.8 cm³/mol. The van der Waals surface area contributed by atoms with Crippen LogP contribution in [0.25, 0.3) is 10.2 Å². The van der Waals surface area contributed by atoms with Crippen LogP contribution >= 0.6 is 11.3 Å². The van der Waals surface area contributed by atoms with Crippen molar-refractivity contribution in [3.63, 3.8) is 0 Å². The molecule has 1 atom stereocenters. The highest BCUT2D eigenvalue weighted by molar-refractivity contribution is 7.22. The average molecular weight is 376 g/mol. The number of hydrogen-bond acceptors (Lipinski definition) is 9. The Bertz CT molecular complexity index is 905. The van der Waals surface area contributed by atoms with Gasteiger partial charge >= 0.3 is 0 Å². The third-order valence-corrected chi connectivity index (χ3v) is 5.22. The van der Waals surface area contributed by atoms with Crippen molar-refractivity contribution in [1.29, 1.82) is 0 Å². The average Bonchev–Trinajstić information content (AvgIpc) is 3.27. The molecular formula is C16H20N6O3S. The van der Waals surface area contributed by atoms with Crippen LogP contribution in [0.2, 0.25) is 0 Å². The summed E-state index contributed by atoms with van der Waals surface area (Å²) in [5, 5.41) is 18.1. The van der Waals surface area contributed by atoms with Gasteiger partial charge in [0, 0.05) is 31.9 Å². The fraction of sp³-hybridized carbons (Fsp3) is 0.438. The van der Waals surface area contributed by atoms with Crippen LogP contribution in [0.4, 0.5) is 10.8 Å². The lowest BCUT2D eigenvalue weighted by Crippen LogP contribution is -2.36. The van der Waals surface area contributed by atoms with Crippen LogP contribution in [0, 0.1) is 0 Å². The van der Waals surface area contributed by atoms with Gasteiger partial charge in [-0.2, -0.15) is 5.10 Å². The molecule has 1 fully saturated rings. The SMILES string of the molecule is COc1ncc(N2CCOCC2)c2sc(NC(O)c3cnn(C)c3)nc12. The predicted octanol–water partition coefficient (Wildman–Crippen LogP) is 1.37.